The maximum absolute atomic E-state index is 12.0. The van der Waals surface area contributed by atoms with E-state index in [4.69, 9.17) is 4.74 Å². The van der Waals surface area contributed by atoms with Gasteiger partial charge >= 0.3 is 5.97 Å². The average molecular weight is 355 g/mol. The number of para-hydroxylation sites is 1. The minimum absolute atomic E-state index is 0.111. The monoisotopic (exact) mass is 355 g/mol. The molecule has 0 saturated carbocycles. The summed E-state index contributed by atoms with van der Waals surface area (Å²) in [5, 5.41) is 5.22. The third kappa shape index (κ3) is 5.14. The van der Waals surface area contributed by atoms with E-state index in [-0.39, 0.29) is 18.1 Å². The number of rotatable bonds is 6. The SMILES string of the molecule is Cc1cccc(C)c1NC(=O)CNC(=O)[C@H](C)OC(=O)c1ccccn1. The number of anilines is 1. The molecular formula is C19H21N3O4. The quantitative estimate of drug-likeness (QED) is 0.773. The number of hydrogen-bond donors (Lipinski definition) is 2. The van der Waals surface area contributed by atoms with Gasteiger partial charge in [-0.3, -0.25) is 9.59 Å². The Balaban J connectivity index is 1.84. The number of aromatic nitrogens is 1. The normalized spacial score (nSPS) is 11.3. The van der Waals surface area contributed by atoms with Gasteiger partial charge < -0.3 is 15.4 Å². The van der Waals surface area contributed by atoms with Crippen LogP contribution < -0.4 is 10.6 Å². The molecule has 0 bridgehead atoms. The molecule has 1 atom stereocenters. The molecule has 0 saturated heterocycles. The first-order chi connectivity index (χ1) is 12.4. The highest BCUT2D eigenvalue weighted by Crippen LogP contribution is 2.18. The second kappa shape index (κ2) is 8.75. The van der Waals surface area contributed by atoms with E-state index in [9.17, 15) is 14.4 Å². The molecule has 1 heterocycles. The van der Waals surface area contributed by atoms with Gasteiger partial charge in [0.05, 0.1) is 6.54 Å². The molecule has 26 heavy (non-hydrogen) atoms. The Labute approximate surface area is 151 Å². The molecule has 2 aromatic rings. The van der Waals surface area contributed by atoms with Crippen LogP contribution >= 0.6 is 0 Å². The van der Waals surface area contributed by atoms with Crippen LogP contribution in [0.5, 0.6) is 0 Å². The number of aryl methyl sites for hydroxylation is 2. The first-order valence-electron chi connectivity index (χ1n) is 8.14. The molecule has 0 unspecified atom stereocenters. The number of nitrogens with zero attached hydrogens (tertiary/aromatic N) is 1. The molecule has 1 aromatic carbocycles. The number of nitrogens with one attached hydrogen (secondary N) is 2. The number of benzene rings is 1. The minimum Gasteiger partial charge on any atom is -0.448 e. The Bertz CT molecular complexity index is 785. The van der Waals surface area contributed by atoms with Crippen molar-refractivity contribution in [2.24, 2.45) is 0 Å². The predicted molar refractivity (Wildman–Crippen MR) is 96.7 cm³/mol. The van der Waals surface area contributed by atoms with Gasteiger partial charge in [-0.15, -0.1) is 0 Å². The molecule has 0 aliphatic rings. The van der Waals surface area contributed by atoms with Crippen LogP contribution in [0.3, 0.4) is 0 Å². The predicted octanol–water partition coefficient (Wildman–Crippen LogP) is 2.00. The van der Waals surface area contributed by atoms with Gasteiger partial charge in [-0.05, 0) is 44.0 Å². The van der Waals surface area contributed by atoms with Crippen LogP contribution in [0.4, 0.5) is 5.69 Å². The van der Waals surface area contributed by atoms with E-state index in [1.807, 2.05) is 32.0 Å². The fourth-order valence-corrected chi connectivity index (χ4v) is 2.26. The van der Waals surface area contributed by atoms with Crippen LogP contribution in [0, 0.1) is 13.8 Å². The lowest BCUT2D eigenvalue weighted by Gasteiger charge is -2.14. The lowest BCUT2D eigenvalue weighted by Crippen LogP contribution is -2.40. The zero-order valence-electron chi connectivity index (χ0n) is 14.9. The number of esters is 1. The van der Waals surface area contributed by atoms with Gasteiger partial charge in [-0.1, -0.05) is 24.3 Å². The molecule has 2 rings (SSSR count). The van der Waals surface area contributed by atoms with Crippen molar-refractivity contribution in [3.63, 3.8) is 0 Å². The van der Waals surface area contributed by atoms with Crippen LogP contribution in [0.1, 0.15) is 28.5 Å². The molecule has 0 aliphatic heterocycles. The fraction of sp³-hybridized carbons (Fsp3) is 0.263. The lowest BCUT2D eigenvalue weighted by atomic mass is 10.1. The summed E-state index contributed by atoms with van der Waals surface area (Å²) < 4.78 is 5.04. The Kier molecular flexibility index (Phi) is 6.43. The van der Waals surface area contributed by atoms with Crippen molar-refractivity contribution in [3.8, 4) is 0 Å². The van der Waals surface area contributed by atoms with E-state index >= 15 is 0 Å². The standard InChI is InChI=1S/C19H21N3O4/c1-12-7-6-8-13(2)17(12)22-16(23)11-21-18(24)14(3)26-19(25)15-9-4-5-10-20-15/h4-10,14H,11H2,1-3H3,(H,21,24)(H,22,23)/t14-/m0/s1. The zero-order valence-corrected chi connectivity index (χ0v) is 14.9. The topological polar surface area (TPSA) is 97.4 Å². The highest BCUT2D eigenvalue weighted by molar-refractivity contribution is 5.96. The van der Waals surface area contributed by atoms with Crippen LogP contribution in [0.2, 0.25) is 0 Å². The van der Waals surface area contributed by atoms with Crippen molar-refractivity contribution in [1.29, 1.82) is 0 Å². The third-order valence-electron chi connectivity index (χ3n) is 3.70. The smallest absolute Gasteiger partial charge is 0.357 e. The summed E-state index contributed by atoms with van der Waals surface area (Å²) in [5.74, 6) is -1.63. The van der Waals surface area contributed by atoms with Gasteiger partial charge in [0.2, 0.25) is 5.91 Å². The second-order valence-corrected chi connectivity index (χ2v) is 5.80. The van der Waals surface area contributed by atoms with Crippen molar-refractivity contribution in [3.05, 3.63) is 59.4 Å². The largest absolute Gasteiger partial charge is 0.448 e. The molecule has 136 valence electrons. The van der Waals surface area contributed by atoms with E-state index < -0.39 is 18.0 Å². The Hall–Kier alpha value is -3.22. The van der Waals surface area contributed by atoms with Gasteiger partial charge in [0.15, 0.2) is 6.10 Å². The first kappa shape index (κ1) is 19.1. The van der Waals surface area contributed by atoms with Gasteiger partial charge in [-0.2, -0.15) is 0 Å². The molecule has 2 amide bonds. The highest BCUT2D eigenvalue weighted by atomic mass is 16.5. The number of carbonyl (C=O) groups excluding carboxylic acids is 3. The number of ether oxygens (including phenoxy) is 1. The summed E-state index contributed by atoms with van der Waals surface area (Å²) in [6.07, 6.45) is 0.414. The molecule has 7 nitrogen and oxygen atoms in total. The molecular weight excluding hydrogens is 334 g/mol. The van der Waals surface area contributed by atoms with Gasteiger partial charge in [0.1, 0.15) is 5.69 Å². The average Bonchev–Trinajstić information content (AvgIpc) is 2.63. The third-order valence-corrected chi connectivity index (χ3v) is 3.70. The van der Waals surface area contributed by atoms with Crippen molar-refractivity contribution in [2.45, 2.75) is 26.9 Å². The van der Waals surface area contributed by atoms with Crippen molar-refractivity contribution in [2.75, 3.05) is 11.9 Å². The molecule has 7 heteroatoms. The van der Waals surface area contributed by atoms with Crippen LogP contribution in [0.15, 0.2) is 42.6 Å². The molecule has 0 radical (unpaired) electrons. The van der Waals surface area contributed by atoms with E-state index in [0.717, 1.165) is 16.8 Å². The summed E-state index contributed by atoms with van der Waals surface area (Å²) in [4.78, 5) is 39.8. The molecule has 0 aliphatic carbocycles. The van der Waals surface area contributed by atoms with Crippen LogP contribution in [-0.2, 0) is 14.3 Å². The van der Waals surface area contributed by atoms with E-state index in [2.05, 4.69) is 15.6 Å². The van der Waals surface area contributed by atoms with E-state index in [1.54, 1.807) is 12.1 Å². The molecule has 0 fully saturated rings. The zero-order chi connectivity index (χ0) is 19.1. The summed E-state index contributed by atoms with van der Waals surface area (Å²) in [6, 6.07) is 10.5. The molecule has 2 N–H and O–H groups in total. The summed E-state index contributed by atoms with van der Waals surface area (Å²) in [6.45, 7) is 4.98. The molecule has 1 aromatic heterocycles. The summed E-state index contributed by atoms with van der Waals surface area (Å²) in [7, 11) is 0. The number of amides is 2. The lowest BCUT2D eigenvalue weighted by molar-refractivity contribution is -0.130. The first-order valence-corrected chi connectivity index (χ1v) is 8.14. The number of pyridine rings is 1. The maximum Gasteiger partial charge on any atom is 0.357 e. The summed E-state index contributed by atoms with van der Waals surface area (Å²) >= 11 is 0. The Morgan fingerprint density at radius 2 is 1.77 bits per heavy atom. The second-order valence-electron chi connectivity index (χ2n) is 5.80. The van der Waals surface area contributed by atoms with Crippen LogP contribution in [-0.4, -0.2) is 35.4 Å². The van der Waals surface area contributed by atoms with Gasteiger partial charge in [0.25, 0.3) is 5.91 Å². The molecule has 0 spiro atoms. The Morgan fingerprint density at radius 1 is 1.08 bits per heavy atom. The van der Waals surface area contributed by atoms with E-state index in [0.29, 0.717) is 0 Å². The minimum atomic E-state index is -1.04. The van der Waals surface area contributed by atoms with E-state index in [1.165, 1.54) is 19.2 Å². The van der Waals surface area contributed by atoms with Crippen molar-refractivity contribution in [1.82, 2.24) is 10.3 Å². The number of hydrogen-bond acceptors (Lipinski definition) is 5. The van der Waals surface area contributed by atoms with Crippen molar-refractivity contribution < 1.29 is 19.1 Å². The Morgan fingerprint density at radius 3 is 2.38 bits per heavy atom. The van der Waals surface area contributed by atoms with Crippen LogP contribution in [0.25, 0.3) is 0 Å². The van der Waals surface area contributed by atoms with Gasteiger partial charge in [-0.25, -0.2) is 9.78 Å². The summed E-state index contributed by atoms with van der Waals surface area (Å²) in [5.41, 5.74) is 2.70. The van der Waals surface area contributed by atoms with Crippen molar-refractivity contribution >= 4 is 23.5 Å². The number of carbonyl (C=O) groups is 3. The fourth-order valence-electron chi connectivity index (χ4n) is 2.26. The highest BCUT2D eigenvalue weighted by Gasteiger charge is 2.20. The van der Waals surface area contributed by atoms with Gasteiger partial charge in [0, 0.05) is 11.9 Å². The maximum atomic E-state index is 12.0.